The maximum Gasteiger partial charge on any atom is 0.269 e. The van der Waals surface area contributed by atoms with E-state index in [1.165, 1.54) is 0 Å². The van der Waals surface area contributed by atoms with Crippen LogP contribution >= 0.6 is 0 Å². The van der Waals surface area contributed by atoms with Gasteiger partial charge in [-0.05, 0) is 52.7 Å². The summed E-state index contributed by atoms with van der Waals surface area (Å²) in [6.07, 6.45) is 4.05. The van der Waals surface area contributed by atoms with Gasteiger partial charge >= 0.3 is 0 Å². The summed E-state index contributed by atoms with van der Waals surface area (Å²) in [5, 5.41) is 14.9. The quantitative estimate of drug-likeness (QED) is 0.346. The van der Waals surface area contributed by atoms with Crippen LogP contribution in [0.4, 0.5) is 0 Å². The molecule has 8 heteroatoms. The van der Waals surface area contributed by atoms with Crippen LogP contribution in [0.15, 0.2) is 83.3 Å². The number of tetrazole rings is 1. The molecule has 6 aromatic rings. The average Bonchev–Trinajstić information content (AvgIpc) is 3.56. The molecule has 0 saturated carbocycles. The SMILES string of the molecule is C(=Cc1ccc2oc(-c3nn[nH]n3)nc2c1)c1cccc(OCc2ccc3ccccc3n2)c1. The molecular weight excluding hydrogens is 428 g/mol. The van der Waals surface area contributed by atoms with Crippen LogP contribution in [-0.4, -0.2) is 30.6 Å². The fourth-order valence-electron chi connectivity index (χ4n) is 3.64. The number of benzene rings is 3. The smallest absolute Gasteiger partial charge is 0.269 e. The van der Waals surface area contributed by atoms with Crippen LogP contribution in [0.2, 0.25) is 0 Å². The number of H-pyrrole nitrogens is 1. The van der Waals surface area contributed by atoms with Gasteiger partial charge in [-0.2, -0.15) is 5.21 Å². The zero-order chi connectivity index (χ0) is 22.7. The molecule has 3 aromatic heterocycles. The third-order valence-electron chi connectivity index (χ3n) is 5.32. The molecule has 3 aromatic carbocycles. The fraction of sp³-hybridized carbons (Fsp3) is 0.0385. The summed E-state index contributed by atoms with van der Waals surface area (Å²) in [6, 6.07) is 25.9. The molecule has 0 unspecified atom stereocenters. The minimum absolute atomic E-state index is 0.323. The Labute approximate surface area is 193 Å². The number of nitrogens with one attached hydrogen (secondary N) is 1. The molecule has 0 radical (unpaired) electrons. The average molecular weight is 446 g/mol. The summed E-state index contributed by atoms with van der Waals surface area (Å²) < 4.78 is 11.7. The molecule has 0 aliphatic heterocycles. The first-order valence-electron chi connectivity index (χ1n) is 10.7. The number of oxazole rings is 1. The van der Waals surface area contributed by atoms with E-state index in [0.29, 0.717) is 23.9 Å². The molecule has 34 heavy (non-hydrogen) atoms. The highest BCUT2D eigenvalue weighted by molar-refractivity contribution is 5.81. The third-order valence-corrected chi connectivity index (χ3v) is 5.32. The van der Waals surface area contributed by atoms with E-state index >= 15 is 0 Å². The van der Waals surface area contributed by atoms with Crippen molar-refractivity contribution in [3.8, 4) is 17.5 Å². The number of hydrogen-bond donors (Lipinski definition) is 1. The van der Waals surface area contributed by atoms with E-state index in [1.807, 2.05) is 78.9 Å². The van der Waals surface area contributed by atoms with Crippen LogP contribution in [0, 0.1) is 0 Å². The Morgan fingerprint density at radius 1 is 0.824 bits per heavy atom. The molecule has 1 N–H and O–H groups in total. The number of fused-ring (bicyclic) bond motifs is 2. The summed E-state index contributed by atoms with van der Waals surface area (Å²) >= 11 is 0. The lowest BCUT2D eigenvalue weighted by Gasteiger charge is -2.07. The van der Waals surface area contributed by atoms with Crippen molar-refractivity contribution in [3.63, 3.8) is 0 Å². The number of hydrogen-bond acceptors (Lipinski definition) is 7. The Morgan fingerprint density at radius 2 is 1.74 bits per heavy atom. The molecule has 0 aliphatic carbocycles. The van der Waals surface area contributed by atoms with Gasteiger partial charge in [0.2, 0.25) is 0 Å². The molecule has 0 spiro atoms. The first-order valence-corrected chi connectivity index (χ1v) is 10.7. The van der Waals surface area contributed by atoms with Gasteiger partial charge in [-0.15, -0.1) is 10.2 Å². The van der Waals surface area contributed by atoms with Crippen molar-refractivity contribution >= 4 is 34.2 Å². The molecule has 0 bridgehead atoms. The topological polar surface area (TPSA) is 103 Å². The summed E-state index contributed by atoms with van der Waals surface area (Å²) in [6.45, 7) is 0.406. The molecular formula is C26H18N6O2. The number of rotatable bonds is 6. The van der Waals surface area contributed by atoms with Crippen molar-refractivity contribution in [1.82, 2.24) is 30.6 Å². The summed E-state index contributed by atoms with van der Waals surface area (Å²) in [7, 11) is 0. The number of pyridine rings is 1. The molecule has 0 atom stereocenters. The van der Waals surface area contributed by atoms with Gasteiger partial charge in [0.15, 0.2) is 5.58 Å². The number of nitrogens with zero attached hydrogens (tertiary/aromatic N) is 5. The van der Waals surface area contributed by atoms with Gasteiger partial charge < -0.3 is 9.15 Å². The normalized spacial score (nSPS) is 11.5. The van der Waals surface area contributed by atoms with Crippen molar-refractivity contribution in [1.29, 1.82) is 0 Å². The third kappa shape index (κ3) is 4.12. The maximum absolute atomic E-state index is 5.99. The van der Waals surface area contributed by atoms with Gasteiger partial charge in [-0.3, -0.25) is 0 Å². The molecule has 8 nitrogen and oxygen atoms in total. The van der Waals surface area contributed by atoms with Crippen LogP contribution in [0.1, 0.15) is 16.8 Å². The highest BCUT2D eigenvalue weighted by Gasteiger charge is 2.12. The second-order valence-electron chi connectivity index (χ2n) is 7.67. The summed E-state index contributed by atoms with van der Waals surface area (Å²) in [5.41, 5.74) is 5.26. The lowest BCUT2D eigenvalue weighted by molar-refractivity contribution is 0.302. The Morgan fingerprint density at radius 3 is 2.65 bits per heavy atom. The minimum atomic E-state index is 0.323. The van der Waals surface area contributed by atoms with Gasteiger partial charge in [0.05, 0.1) is 11.2 Å². The van der Waals surface area contributed by atoms with Gasteiger partial charge in [0, 0.05) is 5.39 Å². The Balaban J connectivity index is 1.16. The predicted molar refractivity (Wildman–Crippen MR) is 129 cm³/mol. The highest BCUT2D eigenvalue weighted by atomic mass is 16.5. The Hall–Kier alpha value is -4.85. The van der Waals surface area contributed by atoms with E-state index < -0.39 is 0 Å². The van der Waals surface area contributed by atoms with Crippen molar-refractivity contribution < 1.29 is 9.15 Å². The van der Waals surface area contributed by atoms with Gasteiger partial charge in [-0.25, -0.2) is 9.97 Å². The van der Waals surface area contributed by atoms with Gasteiger partial charge in [0.1, 0.15) is 17.9 Å². The second-order valence-corrected chi connectivity index (χ2v) is 7.67. The predicted octanol–water partition coefficient (Wildman–Crippen LogP) is 5.31. The first kappa shape index (κ1) is 19.8. The van der Waals surface area contributed by atoms with Crippen LogP contribution in [0.3, 0.4) is 0 Å². The van der Waals surface area contributed by atoms with E-state index in [1.54, 1.807) is 0 Å². The van der Waals surface area contributed by atoms with Crippen molar-refractivity contribution in [2.24, 2.45) is 0 Å². The zero-order valence-corrected chi connectivity index (χ0v) is 17.9. The Kier molecular flexibility index (Phi) is 5.00. The van der Waals surface area contributed by atoms with Crippen LogP contribution in [0.5, 0.6) is 5.75 Å². The summed E-state index contributed by atoms with van der Waals surface area (Å²) in [4.78, 5) is 9.11. The molecule has 0 fully saturated rings. The summed E-state index contributed by atoms with van der Waals surface area (Å²) in [5.74, 6) is 1.44. The van der Waals surface area contributed by atoms with E-state index in [-0.39, 0.29) is 0 Å². The molecule has 0 aliphatic rings. The zero-order valence-electron chi connectivity index (χ0n) is 17.9. The van der Waals surface area contributed by atoms with Crippen LogP contribution in [-0.2, 0) is 6.61 Å². The van der Waals surface area contributed by atoms with Gasteiger partial charge in [0.25, 0.3) is 11.7 Å². The van der Waals surface area contributed by atoms with Crippen LogP contribution in [0.25, 0.3) is 45.9 Å². The number of aromatic nitrogens is 6. The second kappa shape index (κ2) is 8.59. The van der Waals surface area contributed by atoms with Crippen LogP contribution < -0.4 is 4.74 Å². The number of ether oxygens (including phenoxy) is 1. The maximum atomic E-state index is 5.99. The molecule has 164 valence electrons. The lowest BCUT2D eigenvalue weighted by Crippen LogP contribution is -1.98. The molecule has 0 saturated heterocycles. The lowest BCUT2D eigenvalue weighted by atomic mass is 10.1. The number of aromatic amines is 1. The fourth-order valence-corrected chi connectivity index (χ4v) is 3.64. The Bertz CT molecular complexity index is 1620. The number of para-hydroxylation sites is 1. The highest BCUT2D eigenvalue weighted by Crippen LogP contribution is 2.23. The van der Waals surface area contributed by atoms with Crippen molar-refractivity contribution in [3.05, 3.63) is 95.7 Å². The first-order chi connectivity index (χ1) is 16.8. The minimum Gasteiger partial charge on any atom is -0.487 e. The molecule has 6 rings (SSSR count). The van der Waals surface area contributed by atoms with Gasteiger partial charge in [-0.1, -0.05) is 54.6 Å². The standard InChI is InChI=1S/C26H18N6O2/c1-2-7-22-19(5-1)11-12-20(27-22)16-33-21-6-3-4-17(14-21)8-9-18-10-13-24-23(15-18)28-26(34-24)25-29-31-32-30-25/h1-15H,16H2,(H,29,30,31,32). The molecule has 3 heterocycles. The molecule has 0 amide bonds. The monoisotopic (exact) mass is 446 g/mol. The largest absolute Gasteiger partial charge is 0.487 e. The van der Waals surface area contributed by atoms with Crippen molar-refractivity contribution in [2.45, 2.75) is 6.61 Å². The van der Waals surface area contributed by atoms with E-state index in [4.69, 9.17) is 9.15 Å². The van der Waals surface area contributed by atoms with E-state index in [2.05, 4.69) is 42.7 Å². The van der Waals surface area contributed by atoms with E-state index in [9.17, 15) is 0 Å². The van der Waals surface area contributed by atoms with Crippen molar-refractivity contribution in [2.75, 3.05) is 0 Å². The van der Waals surface area contributed by atoms with E-state index in [0.717, 1.165) is 39.0 Å².